The lowest BCUT2D eigenvalue weighted by Crippen LogP contribution is -2.15. The number of hydrogen-bond acceptors (Lipinski definition) is 3. The minimum absolute atomic E-state index is 0.608. The number of H-pyrrole nitrogens is 1. The molecule has 0 saturated heterocycles. The van der Waals surface area contributed by atoms with Crippen molar-refractivity contribution in [1.82, 2.24) is 10.2 Å². The molecule has 2 aromatic carbocycles. The number of hydrogen-bond donors (Lipinski definition) is 1. The Morgan fingerprint density at radius 2 is 1.68 bits per heavy atom. The molecule has 0 radical (unpaired) electrons. The monoisotopic (exact) mass is 252 g/mol. The van der Waals surface area contributed by atoms with Crippen LogP contribution in [0.15, 0.2) is 42.6 Å². The number of fused-ring (bicyclic) bond motifs is 2. The van der Waals surface area contributed by atoms with E-state index in [4.69, 9.17) is 9.47 Å². The van der Waals surface area contributed by atoms with Crippen LogP contribution in [0.5, 0.6) is 11.5 Å². The zero-order chi connectivity index (χ0) is 12.7. The number of aromatic nitrogens is 2. The van der Waals surface area contributed by atoms with Gasteiger partial charge in [-0.3, -0.25) is 5.10 Å². The minimum Gasteiger partial charge on any atom is -0.486 e. The van der Waals surface area contributed by atoms with E-state index in [1.807, 2.05) is 24.4 Å². The van der Waals surface area contributed by atoms with Gasteiger partial charge in [-0.25, -0.2) is 0 Å². The van der Waals surface area contributed by atoms with Crippen LogP contribution in [0.1, 0.15) is 0 Å². The van der Waals surface area contributed by atoms with Crippen molar-refractivity contribution >= 4 is 10.9 Å². The van der Waals surface area contributed by atoms with Crippen LogP contribution in [-0.4, -0.2) is 23.4 Å². The summed E-state index contributed by atoms with van der Waals surface area (Å²) >= 11 is 0. The van der Waals surface area contributed by atoms with E-state index < -0.39 is 0 Å². The Labute approximate surface area is 110 Å². The molecule has 94 valence electrons. The average molecular weight is 252 g/mol. The van der Waals surface area contributed by atoms with Gasteiger partial charge in [-0.05, 0) is 35.4 Å². The summed E-state index contributed by atoms with van der Waals surface area (Å²) < 4.78 is 11.1. The van der Waals surface area contributed by atoms with Gasteiger partial charge in [-0.2, -0.15) is 5.10 Å². The third-order valence-corrected chi connectivity index (χ3v) is 3.32. The fourth-order valence-electron chi connectivity index (χ4n) is 2.35. The topological polar surface area (TPSA) is 47.1 Å². The molecule has 2 heterocycles. The van der Waals surface area contributed by atoms with Crippen LogP contribution in [0.3, 0.4) is 0 Å². The van der Waals surface area contributed by atoms with Gasteiger partial charge in [0, 0.05) is 5.39 Å². The largest absolute Gasteiger partial charge is 0.486 e. The Morgan fingerprint density at radius 1 is 0.895 bits per heavy atom. The van der Waals surface area contributed by atoms with Crippen molar-refractivity contribution in [3.63, 3.8) is 0 Å². The van der Waals surface area contributed by atoms with E-state index in [9.17, 15) is 0 Å². The SMILES string of the molecule is c1cc2c(cc1-c1ccc3[nH]ncc3c1)OCCO2. The molecule has 3 aromatic rings. The van der Waals surface area contributed by atoms with Crippen molar-refractivity contribution in [3.05, 3.63) is 42.6 Å². The molecule has 4 rings (SSSR count). The summed E-state index contributed by atoms with van der Waals surface area (Å²) in [6.45, 7) is 1.23. The van der Waals surface area contributed by atoms with Crippen LogP contribution in [0.4, 0.5) is 0 Å². The minimum atomic E-state index is 0.608. The first-order valence-electron chi connectivity index (χ1n) is 6.23. The second-order valence-corrected chi connectivity index (χ2v) is 4.53. The number of rotatable bonds is 1. The lowest BCUT2D eigenvalue weighted by atomic mass is 10.0. The summed E-state index contributed by atoms with van der Waals surface area (Å²) in [5.74, 6) is 1.63. The maximum absolute atomic E-state index is 5.61. The van der Waals surface area contributed by atoms with Crippen LogP contribution in [0.25, 0.3) is 22.0 Å². The average Bonchev–Trinajstić information content (AvgIpc) is 2.94. The molecule has 0 amide bonds. The summed E-state index contributed by atoms with van der Waals surface area (Å²) in [4.78, 5) is 0. The third kappa shape index (κ3) is 1.73. The third-order valence-electron chi connectivity index (χ3n) is 3.32. The Bertz CT molecular complexity index is 749. The Balaban J connectivity index is 1.82. The number of benzene rings is 2. The molecule has 0 spiro atoms. The zero-order valence-corrected chi connectivity index (χ0v) is 10.2. The highest BCUT2D eigenvalue weighted by atomic mass is 16.6. The van der Waals surface area contributed by atoms with Gasteiger partial charge in [0.25, 0.3) is 0 Å². The van der Waals surface area contributed by atoms with Crippen molar-refractivity contribution < 1.29 is 9.47 Å². The van der Waals surface area contributed by atoms with Crippen LogP contribution in [0.2, 0.25) is 0 Å². The fourth-order valence-corrected chi connectivity index (χ4v) is 2.35. The fraction of sp³-hybridized carbons (Fsp3) is 0.133. The molecule has 4 nitrogen and oxygen atoms in total. The Hall–Kier alpha value is -2.49. The van der Waals surface area contributed by atoms with Gasteiger partial charge in [0.15, 0.2) is 11.5 Å². The molecule has 0 bridgehead atoms. The standard InChI is InChI=1S/C15H12N2O2/c1-3-13-12(9-16-17-13)7-10(1)11-2-4-14-15(8-11)19-6-5-18-14/h1-4,7-9H,5-6H2,(H,16,17). The molecule has 0 atom stereocenters. The molecular weight excluding hydrogens is 240 g/mol. The molecule has 1 aromatic heterocycles. The molecule has 1 aliphatic rings. The van der Waals surface area contributed by atoms with Crippen LogP contribution >= 0.6 is 0 Å². The smallest absolute Gasteiger partial charge is 0.161 e. The molecular formula is C15H12N2O2. The van der Waals surface area contributed by atoms with Crippen molar-refractivity contribution in [1.29, 1.82) is 0 Å². The van der Waals surface area contributed by atoms with Crippen LogP contribution in [-0.2, 0) is 0 Å². The van der Waals surface area contributed by atoms with Crippen molar-refractivity contribution in [2.45, 2.75) is 0 Å². The van der Waals surface area contributed by atoms with Crippen molar-refractivity contribution in [3.8, 4) is 22.6 Å². The summed E-state index contributed by atoms with van der Waals surface area (Å²) in [5, 5.41) is 8.09. The van der Waals surface area contributed by atoms with E-state index in [1.54, 1.807) is 0 Å². The number of nitrogens with zero attached hydrogens (tertiary/aromatic N) is 1. The molecule has 0 unspecified atom stereocenters. The highest BCUT2D eigenvalue weighted by Gasteiger charge is 2.12. The predicted octanol–water partition coefficient (Wildman–Crippen LogP) is 3.00. The van der Waals surface area contributed by atoms with E-state index in [0.717, 1.165) is 33.5 Å². The number of ether oxygens (including phenoxy) is 2. The maximum Gasteiger partial charge on any atom is 0.161 e. The van der Waals surface area contributed by atoms with Gasteiger partial charge in [-0.15, -0.1) is 0 Å². The van der Waals surface area contributed by atoms with E-state index in [0.29, 0.717) is 13.2 Å². The van der Waals surface area contributed by atoms with Gasteiger partial charge in [0.05, 0.1) is 11.7 Å². The first-order valence-corrected chi connectivity index (χ1v) is 6.23. The number of aromatic amines is 1. The highest BCUT2D eigenvalue weighted by molar-refractivity contribution is 5.84. The summed E-state index contributed by atoms with van der Waals surface area (Å²) in [6.07, 6.45) is 1.83. The normalized spacial score (nSPS) is 13.7. The molecule has 4 heteroatoms. The molecule has 0 aliphatic carbocycles. The predicted molar refractivity (Wildman–Crippen MR) is 72.5 cm³/mol. The summed E-state index contributed by atoms with van der Waals surface area (Å²) in [5.41, 5.74) is 3.31. The second-order valence-electron chi connectivity index (χ2n) is 4.53. The first kappa shape index (κ1) is 10.4. The second kappa shape index (κ2) is 4.02. The van der Waals surface area contributed by atoms with E-state index in [-0.39, 0.29) is 0 Å². The van der Waals surface area contributed by atoms with Crippen molar-refractivity contribution in [2.75, 3.05) is 13.2 Å². The summed E-state index contributed by atoms with van der Waals surface area (Å²) in [6, 6.07) is 12.3. The number of nitrogens with one attached hydrogen (secondary N) is 1. The lowest BCUT2D eigenvalue weighted by Gasteiger charge is -2.18. The van der Waals surface area contributed by atoms with Gasteiger partial charge in [0.1, 0.15) is 13.2 Å². The molecule has 1 N–H and O–H groups in total. The van der Waals surface area contributed by atoms with Gasteiger partial charge in [0.2, 0.25) is 0 Å². The van der Waals surface area contributed by atoms with E-state index in [1.165, 1.54) is 0 Å². The molecule has 0 saturated carbocycles. The molecule has 1 aliphatic heterocycles. The zero-order valence-electron chi connectivity index (χ0n) is 10.2. The molecule has 0 fully saturated rings. The molecule has 19 heavy (non-hydrogen) atoms. The van der Waals surface area contributed by atoms with E-state index in [2.05, 4.69) is 28.4 Å². The highest BCUT2D eigenvalue weighted by Crippen LogP contribution is 2.35. The lowest BCUT2D eigenvalue weighted by molar-refractivity contribution is 0.171. The Morgan fingerprint density at radius 3 is 2.63 bits per heavy atom. The van der Waals surface area contributed by atoms with Crippen molar-refractivity contribution in [2.24, 2.45) is 0 Å². The summed E-state index contributed by atoms with van der Waals surface area (Å²) in [7, 11) is 0. The van der Waals surface area contributed by atoms with Crippen LogP contribution < -0.4 is 9.47 Å². The van der Waals surface area contributed by atoms with Crippen LogP contribution in [0, 0.1) is 0 Å². The first-order chi connectivity index (χ1) is 9.40. The van der Waals surface area contributed by atoms with Gasteiger partial charge in [-0.1, -0.05) is 12.1 Å². The Kier molecular flexibility index (Phi) is 2.21. The van der Waals surface area contributed by atoms with E-state index >= 15 is 0 Å². The van der Waals surface area contributed by atoms with Gasteiger partial charge < -0.3 is 9.47 Å². The van der Waals surface area contributed by atoms with Gasteiger partial charge >= 0.3 is 0 Å². The quantitative estimate of drug-likeness (QED) is 0.724. The maximum atomic E-state index is 5.61.